The van der Waals surface area contributed by atoms with Gasteiger partial charge in [0.2, 0.25) is 6.79 Å². The first-order valence-corrected chi connectivity index (χ1v) is 10.6. The summed E-state index contributed by atoms with van der Waals surface area (Å²) in [6.45, 7) is 9.45. The zero-order chi connectivity index (χ0) is 19.9. The first-order valence-electron chi connectivity index (χ1n) is 9.75. The predicted octanol–water partition coefficient (Wildman–Crippen LogP) is 4.78. The van der Waals surface area contributed by atoms with E-state index in [0.717, 1.165) is 47.2 Å². The first-order chi connectivity index (χ1) is 13.3. The quantitative estimate of drug-likeness (QED) is 0.804. The van der Waals surface area contributed by atoms with E-state index in [0.29, 0.717) is 0 Å². The van der Waals surface area contributed by atoms with Gasteiger partial charge in [0.1, 0.15) is 5.01 Å². The summed E-state index contributed by atoms with van der Waals surface area (Å²) in [5.74, 6) is 1.53. The number of nitrogens with zero attached hydrogens (tertiary/aromatic N) is 2. The molecule has 6 nitrogen and oxygen atoms in total. The lowest BCUT2D eigenvalue weighted by Crippen LogP contribution is -2.40. The number of hydrogen-bond acceptors (Lipinski definition) is 5. The average Bonchev–Trinajstić information content (AvgIpc) is 3.39. The minimum atomic E-state index is -0.119. The summed E-state index contributed by atoms with van der Waals surface area (Å²) in [5.41, 5.74) is 2.17. The van der Waals surface area contributed by atoms with Gasteiger partial charge in [-0.1, -0.05) is 26.8 Å². The van der Waals surface area contributed by atoms with E-state index in [-0.39, 0.29) is 30.3 Å². The zero-order valence-corrected chi connectivity index (χ0v) is 17.6. The Hall–Kier alpha value is -2.28. The molecule has 28 heavy (non-hydrogen) atoms. The third-order valence-electron chi connectivity index (χ3n) is 5.30. The molecule has 7 heteroatoms. The van der Waals surface area contributed by atoms with Gasteiger partial charge in [-0.2, -0.15) is 0 Å². The van der Waals surface area contributed by atoms with Crippen LogP contribution in [0.4, 0.5) is 4.79 Å². The molecule has 2 aromatic rings. The Kier molecular flexibility index (Phi) is 4.95. The van der Waals surface area contributed by atoms with Gasteiger partial charge in [0.05, 0.1) is 17.8 Å². The van der Waals surface area contributed by atoms with Crippen molar-refractivity contribution in [3.8, 4) is 11.5 Å². The molecule has 1 aromatic carbocycles. The minimum absolute atomic E-state index is 0.0118. The zero-order valence-electron chi connectivity index (χ0n) is 16.8. The van der Waals surface area contributed by atoms with Crippen LogP contribution in [-0.4, -0.2) is 29.3 Å². The second kappa shape index (κ2) is 7.28. The number of benzene rings is 1. The van der Waals surface area contributed by atoms with Crippen molar-refractivity contribution in [2.24, 2.45) is 0 Å². The van der Waals surface area contributed by atoms with Gasteiger partial charge >= 0.3 is 6.03 Å². The summed E-state index contributed by atoms with van der Waals surface area (Å²) < 4.78 is 10.9. The molecule has 2 atom stereocenters. The van der Waals surface area contributed by atoms with Crippen molar-refractivity contribution in [2.45, 2.75) is 58.0 Å². The summed E-state index contributed by atoms with van der Waals surface area (Å²) in [4.78, 5) is 19.6. The number of amides is 2. The molecule has 0 bridgehead atoms. The number of fused-ring (bicyclic) bond motifs is 1. The van der Waals surface area contributed by atoms with Gasteiger partial charge in [-0.15, -0.1) is 11.3 Å². The highest BCUT2D eigenvalue weighted by atomic mass is 32.1. The second-order valence-electron chi connectivity index (χ2n) is 8.46. The second-order valence-corrected chi connectivity index (χ2v) is 9.35. The number of likely N-dealkylation sites (tertiary alicyclic amines) is 1. The van der Waals surface area contributed by atoms with E-state index >= 15 is 0 Å². The molecule has 150 valence electrons. The van der Waals surface area contributed by atoms with E-state index < -0.39 is 0 Å². The molecule has 1 fully saturated rings. The van der Waals surface area contributed by atoms with Crippen LogP contribution in [0.3, 0.4) is 0 Å². The van der Waals surface area contributed by atoms with Gasteiger partial charge in [0, 0.05) is 17.3 Å². The van der Waals surface area contributed by atoms with Gasteiger partial charge < -0.3 is 19.7 Å². The highest BCUT2D eigenvalue weighted by molar-refractivity contribution is 7.09. The number of hydrogen-bond donors (Lipinski definition) is 1. The van der Waals surface area contributed by atoms with Crippen molar-refractivity contribution in [3.05, 3.63) is 39.8 Å². The number of thiazole rings is 1. The third-order valence-corrected chi connectivity index (χ3v) is 6.32. The monoisotopic (exact) mass is 401 g/mol. The lowest BCUT2D eigenvalue weighted by molar-refractivity contribution is 0.173. The predicted molar refractivity (Wildman–Crippen MR) is 109 cm³/mol. The fourth-order valence-electron chi connectivity index (χ4n) is 3.64. The van der Waals surface area contributed by atoms with E-state index in [4.69, 9.17) is 14.5 Å². The van der Waals surface area contributed by atoms with Crippen molar-refractivity contribution in [2.75, 3.05) is 13.3 Å². The number of carbonyl (C=O) groups is 1. The molecule has 0 radical (unpaired) electrons. The molecule has 1 aromatic heterocycles. The number of ether oxygens (including phenoxy) is 2. The molecule has 0 saturated carbocycles. The van der Waals surface area contributed by atoms with Crippen LogP contribution in [0.25, 0.3) is 0 Å². The standard InChI is InChI=1S/C21H27N3O3S/c1-13(19-23-18(11-28-19)21(2,3)4)22-20(25)24-9-5-6-15(24)14-7-8-16-17(10-14)27-12-26-16/h7-8,10-11,13,15H,5-6,9,12H2,1-4H3,(H,22,25)/t13-,15-/m1/s1. The molecular formula is C21H27N3O3S. The van der Waals surface area contributed by atoms with Gasteiger partial charge in [-0.3, -0.25) is 0 Å². The molecule has 3 heterocycles. The Bertz CT molecular complexity index is 874. The van der Waals surface area contributed by atoms with Gasteiger partial charge in [-0.25, -0.2) is 9.78 Å². The topological polar surface area (TPSA) is 63.7 Å². The fourth-order valence-corrected chi connectivity index (χ4v) is 4.69. The van der Waals surface area contributed by atoms with Gasteiger partial charge in [0.25, 0.3) is 0 Å². The third kappa shape index (κ3) is 3.68. The van der Waals surface area contributed by atoms with Crippen molar-refractivity contribution >= 4 is 17.4 Å². The Morgan fingerprint density at radius 1 is 1.32 bits per heavy atom. The SMILES string of the molecule is C[C@@H](NC(=O)N1CCC[C@@H]1c1ccc2c(c1)OCO2)c1nc(C(C)(C)C)cs1. The molecular weight excluding hydrogens is 374 g/mol. The highest BCUT2D eigenvalue weighted by Gasteiger charge is 2.32. The Balaban J connectivity index is 1.45. The molecule has 4 rings (SSSR count). The molecule has 1 saturated heterocycles. The Morgan fingerprint density at radius 2 is 2.11 bits per heavy atom. The molecule has 0 spiro atoms. The molecule has 0 unspecified atom stereocenters. The van der Waals surface area contributed by atoms with Crippen LogP contribution in [-0.2, 0) is 5.41 Å². The molecule has 2 aliphatic heterocycles. The maximum absolute atomic E-state index is 13.0. The van der Waals surface area contributed by atoms with E-state index in [9.17, 15) is 4.79 Å². The molecule has 0 aliphatic carbocycles. The van der Waals surface area contributed by atoms with Crippen LogP contribution >= 0.6 is 11.3 Å². The summed E-state index contributed by atoms with van der Waals surface area (Å²) in [6, 6.07) is 5.86. The maximum Gasteiger partial charge on any atom is 0.318 e. The number of urea groups is 1. The number of carbonyl (C=O) groups excluding carboxylic acids is 1. The highest BCUT2D eigenvalue weighted by Crippen LogP contribution is 2.39. The largest absolute Gasteiger partial charge is 0.454 e. The maximum atomic E-state index is 13.0. The van der Waals surface area contributed by atoms with Crippen LogP contribution in [0, 0.1) is 0 Å². The van der Waals surface area contributed by atoms with Crippen LogP contribution in [0.1, 0.15) is 68.9 Å². The Morgan fingerprint density at radius 3 is 2.86 bits per heavy atom. The van der Waals surface area contributed by atoms with E-state index in [1.54, 1.807) is 11.3 Å². The van der Waals surface area contributed by atoms with Crippen LogP contribution < -0.4 is 14.8 Å². The van der Waals surface area contributed by atoms with Gasteiger partial charge in [0.15, 0.2) is 11.5 Å². The average molecular weight is 402 g/mol. The fraction of sp³-hybridized carbons (Fsp3) is 0.524. The van der Waals surface area contributed by atoms with Crippen LogP contribution in [0.2, 0.25) is 0 Å². The van der Waals surface area contributed by atoms with Crippen molar-refractivity contribution in [1.29, 1.82) is 0 Å². The summed E-state index contributed by atoms with van der Waals surface area (Å²) in [6.07, 6.45) is 1.94. The number of nitrogens with one attached hydrogen (secondary N) is 1. The molecule has 2 amide bonds. The molecule has 1 N–H and O–H groups in total. The lowest BCUT2D eigenvalue weighted by Gasteiger charge is -2.27. The number of rotatable bonds is 3. The van der Waals surface area contributed by atoms with E-state index in [1.165, 1.54) is 0 Å². The smallest absolute Gasteiger partial charge is 0.318 e. The Labute approximate surface area is 169 Å². The summed E-state index contributed by atoms with van der Waals surface area (Å²) >= 11 is 1.60. The van der Waals surface area contributed by atoms with Crippen LogP contribution in [0.15, 0.2) is 23.6 Å². The van der Waals surface area contributed by atoms with Crippen molar-refractivity contribution in [1.82, 2.24) is 15.2 Å². The molecule has 2 aliphatic rings. The minimum Gasteiger partial charge on any atom is -0.454 e. The van der Waals surface area contributed by atoms with E-state index in [2.05, 4.69) is 31.5 Å². The van der Waals surface area contributed by atoms with Crippen molar-refractivity contribution in [3.63, 3.8) is 0 Å². The van der Waals surface area contributed by atoms with Crippen LogP contribution in [0.5, 0.6) is 11.5 Å². The lowest BCUT2D eigenvalue weighted by atomic mass is 9.93. The summed E-state index contributed by atoms with van der Waals surface area (Å²) in [5, 5.41) is 6.16. The number of aromatic nitrogens is 1. The van der Waals surface area contributed by atoms with Crippen molar-refractivity contribution < 1.29 is 14.3 Å². The summed E-state index contributed by atoms with van der Waals surface area (Å²) in [7, 11) is 0. The first kappa shape index (κ1) is 19.1. The van der Waals surface area contributed by atoms with Gasteiger partial charge in [-0.05, 0) is 37.5 Å². The van der Waals surface area contributed by atoms with E-state index in [1.807, 2.05) is 30.0 Å². The normalized spacial score (nSPS) is 19.7.